The molecule has 0 bridgehead atoms. The van der Waals surface area contributed by atoms with E-state index in [0.717, 1.165) is 0 Å². The zero-order valence-corrected chi connectivity index (χ0v) is 5.53. The average Bonchev–Trinajstić information content (AvgIpc) is 2.44. The lowest BCUT2D eigenvalue weighted by Crippen LogP contribution is -1.61. The summed E-state index contributed by atoms with van der Waals surface area (Å²) in [6, 6.07) is 0. The molecule has 0 aliphatic carbocycles. The van der Waals surface area contributed by atoms with Gasteiger partial charge in [-0.1, -0.05) is 18.4 Å². The number of nitrogens with one attached hydrogen (secondary N) is 1. The Morgan fingerprint density at radius 1 is 1.40 bits per heavy atom. The van der Waals surface area contributed by atoms with Crippen LogP contribution in [0.5, 0.6) is 0 Å². The number of H-pyrrole nitrogens is 1. The van der Waals surface area contributed by atoms with Crippen LogP contribution >= 0.6 is 0 Å². The van der Waals surface area contributed by atoms with Gasteiger partial charge in [-0.2, -0.15) is 0 Å². The Morgan fingerprint density at radius 2 is 2.10 bits per heavy atom. The largest absolute Gasteiger partial charge is 0.474 e. The van der Waals surface area contributed by atoms with Crippen LogP contribution in [-0.4, -0.2) is 15.4 Å². The maximum atomic E-state index is 4.36. The second-order valence-corrected chi connectivity index (χ2v) is 1.13. The van der Waals surface area contributed by atoms with Crippen LogP contribution in [0.2, 0.25) is 0 Å². The molecule has 0 aliphatic heterocycles. The van der Waals surface area contributed by atoms with Crippen molar-refractivity contribution in [2.75, 3.05) is 0 Å². The molecule has 54 valence electrons. The Labute approximate surface area is 59.2 Å². The Balaban J connectivity index is 0.000000162. The topological polar surface area (TPSA) is 50.8 Å². The van der Waals surface area contributed by atoms with E-state index in [1.807, 2.05) is 0 Å². The van der Waals surface area contributed by atoms with Gasteiger partial charge < -0.3 is 4.74 Å². The first-order valence-corrected chi connectivity index (χ1v) is 2.59. The van der Waals surface area contributed by atoms with Crippen molar-refractivity contribution in [1.29, 1.82) is 0 Å². The molecular weight excluding hydrogens is 130 g/mol. The zero-order valence-electron chi connectivity index (χ0n) is 5.53. The van der Waals surface area contributed by atoms with E-state index in [4.69, 9.17) is 0 Å². The van der Waals surface area contributed by atoms with Crippen LogP contribution in [0.3, 0.4) is 0 Å². The van der Waals surface area contributed by atoms with E-state index < -0.39 is 0 Å². The third-order valence-corrected chi connectivity index (χ3v) is 0.524. The van der Waals surface area contributed by atoms with E-state index in [9.17, 15) is 0 Å². The van der Waals surface area contributed by atoms with Crippen molar-refractivity contribution in [3.8, 4) is 0 Å². The summed E-state index contributed by atoms with van der Waals surface area (Å²) in [6.07, 6.45) is 5.86. The van der Waals surface area contributed by atoms with E-state index in [0.29, 0.717) is 0 Å². The van der Waals surface area contributed by atoms with Crippen LogP contribution in [0.15, 0.2) is 38.1 Å². The third-order valence-electron chi connectivity index (χ3n) is 0.524. The molecule has 0 saturated carbocycles. The Kier molecular flexibility index (Phi) is 6.25. The predicted octanol–water partition coefficient (Wildman–Crippen LogP) is 1.09. The minimum Gasteiger partial charge on any atom is -0.474 e. The number of ether oxygens (including phenoxy) is 1. The molecule has 0 saturated heterocycles. The molecule has 0 aliphatic rings. The highest BCUT2D eigenvalue weighted by Crippen LogP contribution is 1.65. The van der Waals surface area contributed by atoms with Crippen molar-refractivity contribution in [2.45, 2.75) is 0 Å². The fourth-order valence-corrected chi connectivity index (χ4v) is 0.235. The molecule has 0 radical (unpaired) electrons. The van der Waals surface area contributed by atoms with Crippen LogP contribution in [0.4, 0.5) is 0 Å². The monoisotopic (exact) mass is 139 g/mol. The normalized spacial score (nSPS) is 6.80. The number of rotatable bonds is 2. The Hall–Kier alpha value is -1.58. The van der Waals surface area contributed by atoms with Crippen molar-refractivity contribution in [2.24, 2.45) is 0 Å². The summed E-state index contributed by atoms with van der Waals surface area (Å²) in [7, 11) is 0. The van der Waals surface area contributed by atoms with Gasteiger partial charge in [-0.3, -0.25) is 5.10 Å². The highest BCUT2D eigenvalue weighted by molar-refractivity contribution is 4.57. The smallest absolute Gasteiger partial charge is 0.0829 e. The molecule has 1 N–H and O–H groups in total. The summed E-state index contributed by atoms with van der Waals surface area (Å²) < 4.78 is 4.36. The first-order chi connectivity index (χ1) is 4.91. The van der Waals surface area contributed by atoms with Gasteiger partial charge in [-0.15, -0.1) is 5.10 Å². The second-order valence-electron chi connectivity index (χ2n) is 1.13. The molecule has 0 aromatic carbocycles. The lowest BCUT2D eigenvalue weighted by molar-refractivity contribution is 0.406. The lowest BCUT2D eigenvalue weighted by Gasteiger charge is -1.76. The number of aromatic nitrogens is 3. The number of aromatic amines is 1. The van der Waals surface area contributed by atoms with Gasteiger partial charge in [0.1, 0.15) is 0 Å². The Bertz CT molecular complexity index is 136. The summed E-state index contributed by atoms with van der Waals surface area (Å²) in [5.74, 6) is 0. The minimum absolute atomic E-state index is 1.31. The van der Waals surface area contributed by atoms with E-state index in [1.165, 1.54) is 12.5 Å². The van der Waals surface area contributed by atoms with Gasteiger partial charge in [0.25, 0.3) is 0 Å². The predicted molar refractivity (Wildman–Crippen MR) is 37.9 cm³/mol. The van der Waals surface area contributed by atoms with Gasteiger partial charge >= 0.3 is 0 Å². The lowest BCUT2D eigenvalue weighted by atomic mass is 11.0. The van der Waals surface area contributed by atoms with Crippen molar-refractivity contribution in [3.63, 3.8) is 0 Å². The maximum Gasteiger partial charge on any atom is 0.0829 e. The molecule has 0 amide bonds. The molecule has 1 rings (SSSR count). The molecule has 1 aromatic heterocycles. The number of hydrogen-bond donors (Lipinski definition) is 1. The van der Waals surface area contributed by atoms with Crippen molar-refractivity contribution < 1.29 is 4.74 Å². The van der Waals surface area contributed by atoms with Crippen LogP contribution in [-0.2, 0) is 4.74 Å². The fraction of sp³-hybridized carbons (Fsp3) is 0. The van der Waals surface area contributed by atoms with Crippen LogP contribution in [0.25, 0.3) is 0 Å². The van der Waals surface area contributed by atoms with Gasteiger partial charge in [-0.05, 0) is 0 Å². The average molecular weight is 139 g/mol. The van der Waals surface area contributed by atoms with Crippen molar-refractivity contribution in [3.05, 3.63) is 38.1 Å². The molecule has 0 atom stereocenters. The van der Waals surface area contributed by atoms with Gasteiger partial charge in [0.15, 0.2) is 0 Å². The zero-order chi connectivity index (χ0) is 7.66. The van der Waals surface area contributed by atoms with E-state index in [1.54, 1.807) is 12.4 Å². The van der Waals surface area contributed by atoms with Gasteiger partial charge in [0, 0.05) is 6.20 Å². The fourth-order valence-electron chi connectivity index (χ4n) is 0.235. The van der Waals surface area contributed by atoms with Crippen LogP contribution < -0.4 is 0 Å². The van der Waals surface area contributed by atoms with Crippen LogP contribution in [0, 0.1) is 0 Å². The van der Waals surface area contributed by atoms with Crippen LogP contribution in [0.1, 0.15) is 0 Å². The van der Waals surface area contributed by atoms with Crippen molar-refractivity contribution in [1.82, 2.24) is 15.4 Å². The number of nitrogens with zero attached hydrogens (tertiary/aromatic N) is 2. The van der Waals surface area contributed by atoms with Gasteiger partial charge in [0.2, 0.25) is 0 Å². The number of hydrogen-bond acceptors (Lipinski definition) is 3. The van der Waals surface area contributed by atoms with E-state index in [2.05, 4.69) is 33.3 Å². The molecule has 4 nitrogen and oxygen atoms in total. The van der Waals surface area contributed by atoms with Gasteiger partial charge in [-0.25, -0.2) is 0 Å². The summed E-state index contributed by atoms with van der Waals surface area (Å²) in [6.45, 7) is 6.51. The standard InChI is InChI=1S/C4H6O.C2H3N3/c1-3-5-4-2;1-2-4-5-3-1/h3-4H,1-2H2;1-2H,(H,3,4,5). The summed E-state index contributed by atoms with van der Waals surface area (Å²) >= 11 is 0. The summed E-state index contributed by atoms with van der Waals surface area (Å²) in [5, 5.41) is 9.26. The SMILES string of the molecule is C=COC=C.c1c[nH]nn1. The molecular formula is C6H9N3O. The van der Waals surface area contributed by atoms with E-state index in [-0.39, 0.29) is 0 Å². The highest BCUT2D eigenvalue weighted by atomic mass is 16.5. The minimum atomic E-state index is 1.31. The quantitative estimate of drug-likeness (QED) is 0.624. The summed E-state index contributed by atoms with van der Waals surface area (Å²) in [4.78, 5) is 0. The summed E-state index contributed by atoms with van der Waals surface area (Å²) in [5.41, 5.74) is 0. The molecule has 0 fully saturated rings. The van der Waals surface area contributed by atoms with Gasteiger partial charge in [0.05, 0.1) is 18.7 Å². The first kappa shape index (κ1) is 8.42. The third kappa shape index (κ3) is 6.42. The first-order valence-electron chi connectivity index (χ1n) is 2.59. The highest BCUT2D eigenvalue weighted by Gasteiger charge is 1.57. The van der Waals surface area contributed by atoms with E-state index >= 15 is 0 Å². The second kappa shape index (κ2) is 7.42. The molecule has 1 heterocycles. The molecule has 0 unspecified atom stereocenters. The maximum absolute atomic E-state index is 4.36. The van der Waals surface area contributed by atoms with Crippen molar-refractivity contribution >= 4 is 0 Å². The Morgan fingerprint density at radius 3 is 2.20 bits per heavy atom. The molecule has 1 aromatic rings. The molecule has 10 heavy (non-hydrogen) atoms. The molecule has 4 heteroatoms. The molecule has 0 spiro atoms.